The Hall–Kier alpha value is -2.05. The van der Waals surface area contributed by atoms with E-state index in [1.54, 1.807) is 19.2 Å². The van der Waals surface area contributed by atoms with Crippen LogP contribution in [0.15, 0.2) is 48.5 Å². The third kappa shape index (κ3) is 3.76. The van der Waals surface area contributed by atoms with Gasteiger partial charge in [-0.15, -0.1) is 0 Å². The SMILES string of the molecule is COc1ccc([C@@H]2[C@@H]3CN(Cc4ccc(C(F)(F)F)cc4)C[C@@H]3CN2C)cc1. The Labute approximate surface area is 163 Å². The first-order valence-corrected chi connectivity index (χ1v) is 9.58. The van der Waals surface area contributed by atoms with Gasteiger partial charge in [0, 0.05) is 32.2 Å². The van der Waals surface area contributed by atoms with Crippen LogP contribution in [0.25, 0.3) is 0 Å². The molecule has 0 aromatic heterocycles. The molecule has 28 heavy (non-hydrogen) atoms. The number of hydrogen-bond acceptors (Lipinski definition) is 3. The zero-order valence-electron chi connectivity index (χ0n) is 16.1. The summed E-state index contributed by atoms with van der Waals surface area (Å²) >= 11 is 0. The molecule has 3 atom stereocenters. The van der Waals surface area contributed by atoms with Gasteiger partial charge in [0.1, 0.15) is 5.75 Å². The minimum Gasteiger partial charge on any atom is -0.497 e. The monoisotopic (exact) mass is 390 g/mol. The van der Waals surface area contributed by atoms with E-state index in [1.807, 2.05) is 12.1 Å². The molecule has 3 nitrogen and oxygen atoms in total. The van der Waals surface area contributed by atoms with Gasteiger partial charge in [-0.25, -0.2) is 0 Å². The second kappa shape index (κ2) is 7.41. The fraction of sp³-hybridized carbons (Fsp3) is 0.455. The van der Waals surface area contributed by atoms with Crippen molar-refractivity contribution in [1.82, 2.24) is 9.80 Å². The van der Waals surface area contributed by atoms with Crippen molar-refractivity contribution in [3.63, 3.8) is 0 Å². The third-order valence-corrected chi connectivity index (χ3v) is 6.11. The van der Waals surface area contributed by atoms with E-state index < -0.39 is 11.7 Å². The molecule has 2 fully saturated rings. The van der Waals surface area contributed by atoms with E-state index in [-0.39, 0.29) is 0 Å². The van der Waals surface area contributed by atoms with Crippen LogP contribution < -0.4 is 4.74 Å². The van der Waals surface area contributed by atoms with E-state index >= 15 is 0 Å². The molecule has 0 amide bonds. The Bertz CT molecular complexity index is 804. The first-order chi connectivity index (χ1) is 13.3. The molecule has 0 unspecified atom stereocenters. The number of alkyl halides is 3. The highest BCUT2D eigenvalue weighted by Crippen LogP contribution is 2.44. The molecule has 2 aromatic rings. The normalized spacial score (nSPS) is 25.8. The number of fused-ring (bicyclic) bond motifs is 1. The largest absolute Gasteiger partial charge is 0.497 e. The van der Waals surface area contributed by atoms with Crippen LogP contribution in [-0.2, 0) is 12.7 Å². The molecule has 2 heterocycles. The van der Waals surface area contributed by atoms with E-state index in [1.165, 1.54) is 17.7 Å². The average molecular weight is 390 g/mol. The molecular weight excluding hydrogens is 365 g/mol. The Morgan fingerprint density at radius 3 is 2.25 bits per heavy atom. The van der Waals surface area contributed by atoms with Crippen molar-refractivity contribution in [2.75, 3.05) is 33.8 Å². The molecule has 0 N–H and O–H groups in total. The second-order valence-electron chi connectivity index (χ2n) is 7.97. The van der Waals surface area contributed by atoms with Crippen molar-refractivity contribution in [2.24, 2.45) is 11.8 Å². The van der Waals surface area contributed by atoms with Gasteiger partial charge in [0.05, 0.1) is 12.7 Å². The van der Waals surface area contributed by atoms with Crippen LogP contribution in [-0.4, -0.2) is 43.6 Å². The summed E-state index contributed by atoms with van der Waals surface area (Å²) in [7, 11) is 3.84. The summed E-state index contributed by atoms with van der Waals surface area (Å²) in [5.74, 6) is 1.98. The van der Waals surface area contributed by atoms with Gasteiger partial charge >= 0.3 is 6.18 Å². The lowest BCUT2D eigenvalue weighted by atomic mass is 9.89. The van der Waals surface area contributed by atoms with Crippen molar-refractivity contribution in [3.8, 4) is 5.75 Å². The molecular formula is C22H25F3N2O. The summed E-state index contributed by atoms with van der Waals surface area (Å²) < 4.78 is 43.5. The fourth-order valence-corrected chi connectivity index (χ4v) is 4.84. The van der Waals surface area contributed by atoms with Crippen molar-refractivity contribution >= 4 is 0 Å². The van der Waals surface area contributed by atoms with E-state index in [0.717, 1.165) is 30.9 Å². The van der Waals surface area contributed by atoms with E-state index in [4.69, 9.17) is 4.74 Å². The minimum atomic E-state index is -4.28. The van der Waals surface area contributed by atoms with Crippen LogP contribution in [0.2, 0.25) is 0 Å². The van der Waals surface area contributed by atoms with Crippen LogP contribution in [0.3, 0.4) is 0 Å². The number of halogens is 3. The van der Waals surface area contributed by atoms with Gasteiger partial charge in [0.25, 0.3) is 0 Å². The highest BCUT2D eigenvalue weighted by atomic mass is 19.4. The van der Waals surface area contributed by atoms with Gasteiger partial charge in [0.2, 0.25) is 0 Å². The quantitative estimate of drug-likeness (QED) is 0.767. The first kappa shape index (κ1) is 19.3. The summed E-state index contributed by atoms with van der Waals surface area (Å²) in [5, 5.41) is 0. The van der Waals surface area contributed by atoms with E-state index in [0.29, 0.717) is 24.4 Å². The maximum Gasteiger partial charge on any atom is 0.416 e. The fourth-order valence-electron chi connectivity index (χ4n) is 4.84. The lowest BCUT2D eigenvalue weighted by molar-refractivity contribution is -0.137. The van der Waals surface area contributed by atoms with Crippen LogP contribution >= 0.6 is 0 Å². The summed E-state index contributed by atoms with van der Waals surface area (Å²) in [4.78, 5) is 4.80. The maximum atomic E-state index is 12.7. The van der Waals surface area contributed by atoms with Crippen molar-refractivity contribution in [2.45, 2.75) is 18.8 Å². The van der Waals surface area contributed by atoms with Gasteiger partial charge in [-0.3, -0.25) is 9.80 Å². The number of benzene rings is 2. The van der Waals surface area contributed by atoms with Crippen molar-refractivity contribution < 1.29 is 17.9 Å². The first-order valence-electron chi connectivity index (χ1n) is 9.58. The zero-order valence-corrected chi connectivity index (χ0v) is 16.1. The predicted octanol–water partition coefficient (Wildman–Crippen LogP) is 4.45. The zero-order chi connectivity index (χ0) is 19.9. The Morgan fingerprint density at radius 2 is 1.64 bits per heavy atom. The molecule has 2 aliphatic rings. The lowest BCUT2D eigenvalue weighted by Gasteiger charge is -2.27. The van der Waals surface area contributed by atoms with Gasteiger partial charge in [-0.2, -0.15) is 13.2 Å². The van der Waals surface area contributed by atoms with Crippen LogP contribution in [0.1, 0.15) is 22.7 Å². The summed E-state index contributed by atoms with van der Waals surface area (Å²) in [6.07, 6.45) is -4.28. The maximum absolute atomic E-state index is 12.7. The molecule has 0 aliphatic carbocycles. The molecule has 4 rings (SSSR count). The molecule has 0 saturated carbocycles. The second-order valence-corrected chi connectivity index (χ2v) is 7.97. The average Bonchev–Trinajstić information content (AvgIpc) is 3.17. The summed E-state index contributed by atoms with van der Waals surface area (Å²) in [6.45, 7) is 3.70. The number of methoxy groups -OCH3 is 1. The smallest absolute Gasteiger partial charge is 0.416 e. The van der Waals surface area contributed by atoms with Crippen LogP contribution in [0, 0.1) is 11.8 Å². The predicted molar refractivity (Wildman–Crippen MR) is 102 cm³/mol. The molecule has 6 heteroatoms. The molecule has 2 saturated heterocycles. The number of hydrogen-bond donors (Lipinski definition) is 0. The molecule has 0 spiro atoms. The van der Waals surface area contributed by atoms with Crippen LogP contribution in [0.5, 0.6) is 5.75 Å². The number of nitrogens with zero attached hydrogens (tertiary/aromatic N) is 2. The minimum absolute atomic E-state index is 0.369. The van der Waals surface area contributed by atoms with Gasteiger partial charge in [0.15, 0.2) is 0 Å². The number of ether oxygens (including phenoxy) is 1. The van der Waals surface area contributed by atoms with E-state index in [2.05, 4.69) is 29.0 Å². The Morgan fingerprint density at radius 1 is 0.964 bits per heavy atom. The standard InChI is InChI=1S/C22H25F3N2O/c1-26-12-17-13-27(11-15-3-7-18(8-4-15)22(23,24)25)14-20(17)21(26)16-5-9-19(28-2)10-6-16/h3-10,17,20-21H,11-14H2,1-2H3/t17-,20+,21+/m0/s1. The Kier molecular flexibility index (Phi) is 5.10. The molecule has 150 valence electrons. The molecule has 0 bridgehead atoms. The van der Waals surface area contributed by atoms with Crippen molar-refractivity contribution in [1.29, 1.82) is 0 Å². The van der Waals surface area contributed by atoms with Gasteiger partial charge in [-0.05, 0) is 54.3 Å². The highest BCUT2D eigenvalue weighted by Gasteiger charge is 2.45. The topological polar surface area (TPSA) is 15.7 Å². The molecule has 2 aliphatic heterocycles. The highest BCUT2D eigenvalue weighted by molar-refractivity contribution is 5.31. The summed E-state index contributed by atoms with van der Waals surface area (Å²) in [5.41, 5.74) is 1.64. The van der Waals surface area contributed by atoms with Crippen LogP contribution in [0.4, 0.5) is 13.2 Å². The van der Waals surface area contributed by atoms with E-state index in [9.17, 15) is 13.2 Å². The third-order valence-electron chi connectivity index (χ3n) is 6.11. The lowest BCUT2D eigenvalue weighted by Crippen LogP contribution is -2.28. The van der Waals surface area contributed by atoms with Gasteiger partial charge < -0.3 is 4.74 Å². The summed E-state index contributed by atoms with van der Waals surface area (Å²) in [6, 6.07) is 14.2. The Balaban J connectivity index is 1.44. The van der Waals surface area contributed by atoms with Crippen molar-refractivity contribution in [3.05, 3.63) is 65.2 Å². The molecule has 0 radical (unpaired) electrons. The van der Waals surface area contributed by atoms with Gasteiger partial charge in [-0.1, -0.05) is 24.3 Å². The number of rotatable bonds is 4. The number of likely N-dealkylation sites (tertiary alicyclic amines) is 2. The molecule has 2 aromatic carbocycles.